The summed E-state index contributed by atoms with van der Waals surface area (Å²) in [4.78, 5) is 35.1. The summed E-state index contributed by atoms with van der Waals surface area (Å²) < 4.78 is 5.13. The predicted molar refractivity (Wildman–Crippen MR) is 94.6 cm³/mol. The number of hydrogen-bond donors (Lipinski definition) is 3. The lowest BCUT2D eigenvalue weighted by molar-refractivity contribution is -0.123. The molecule has 0 saturated carbocycles. The maximum atomic E-state index is 12.1. The molecule has 0 aliphatic heterocycles. The summed E-state index contributed by atoms with van der Waals surface area (Å²) in [5.74, 6) is -1.20. The highest BCUT2D eigenvalue weighted by Crippen LogP contribution is 2.16. The van der Waals surface area contributed by atoms with Gasteiger partial charge in [0.15, 0.2) is 6.10 Å². The van der Waals surface area contributed by atoms with Crippen LogP contribution in [-0.4, -0.2) is 24.0 Å². The lowest BCUT2D eigenvalue weighted by Gasteiger charge is -2.14. The maximum absolute atomic E-state index is 12.1. The quantitative estimate of drug-likeness (QED) is 0.711. The van der Waals surface area contributed by atoms with E-state index in [0.29, 0.717) is 16.4 Å². The molecule has 0 aliphatic rings. The third-order valence-electron chi connectivity index (χ3n) is 3.11. The summed E-state index contributed by atoms with van der Waals surface area (Å²) in [6.07, 6.45) is -1.03. The Bertz CT molecular complexity index is 810. The number of hydrogen-bond acceptors (Lipinski definition) is 4. The third-order valence-corrected chi connectivity index (χ3v) is 3.35. The molecule has 2 rings (SSSR count). The van der Waals surface area contributed by atoms with Gasteiger partial charge >= 0.3 is 12.0 Å². The van der Waals surface area contributed by atoms with Crippen molar-refractivity contribution in [3.05, 3.63) is 59.1 Å². The molecule has 130 valence electrons. The zero-order valence-corrected chi connectivity index (χ0v) is 14.0. The van der Waals surface area contributed by atoms with Crippen molar-refractivity contribution in [3.8, 4) is 0 Å². The molecule has 0 aliphatic carbocycles. The molecule has 0 spiro atoms. The van der Waals surface area contributed by atoms with Gasteiger partial charge in [0.25, 0.3) is 5.91 Å². The predicted octanol–water partition coefficient (Wildman–Crippen LogP) is 3.01. The monoisotopic (exact) mass is 361 g/mol. The molecule has 7 nitrogen and oxygen atoms in total. The number of benzene rings is 2. The molecule has 0 radical (unpaired) electrons. The molecule has 0 fully saturated rings. The minimum absolute atomic E-state index is 0.175. The van der Waals surface area contributed by atoms with E-state index in [9.17, 15) is 14.4 Å². The molecule has 8 heteroatoms. The zero-order chi connectivity index (χ0) is 18.4. The zero-order valence-electron chi connectivity index (χ0n) is 13.3. The van der Waals surface area contributed by atoms with Crippen LogP contribution in [0.25, 0.3) is 0 Å². The molecule has 3 amide bonds. The average Bonchev–Trinajstić information content (AvgIpc) is 2.54. The number of nitrogens with two attached hydrogens (primary N) is 1. The summed E-state index contributed by atoms with van der Waals surface area (Å²) in [5.41, 5.74) is 6.04. The van der Waals surface area contributed by atoms with E-state index in [1.54, 1.807) is 36.4 Å². The van der Waals surface area contributed by atoms with Crippen LogP contribution in [0.2, 0.25) is 5.02 Å². The van der Waals surface area contributed by atoms with Crippen LogP contribution in [0.1, 0.15) is 17.3 Å². The summed E-state index contributed by atoms with van der Waals surface area (Å²) >= 11 is 5.85. The van der Waals surface area contributed by atoms with Crippen LogP contribution in [0.4, 0.5) is 16.2 Å². The van der Waals surface area contributed by atoms with Crippen LogP contribution in [0.15, 0.2) is 48.5 Å². The smallest absolute Gasteiger partial charge is 0.338 e. The van der Waals surface area contributed by atoms with Crippen molar-refractivity contribution in [2.45, 2.75) is 13.0 Å². The number of primary amides is 1. The van der Waals surface area contributed by atoms with Gasteiger partial charge in [-0.3, -0.25) is 4.79 Å². The number of urea groups is 1. The minimum atomic E-state index is -1.03. The number of ether oxygens (including phenoxy) is 1. The summed E-state index contributed by atoms with van der Waals surface area (Å²) in [6, 6.07) is 11.9. The average molecular weight is 362 g/mol. The van der Waals surface area contributed by atoms with Gasteiger partial charge in [-0.05, 0) is 43.3 Å². The number of carbonyl (C=O) groups is 3. The van der Waals surface area contributed by atoms with Crippen LogP contribution in [-0.2, 0) is 9.53 Å². The van der Waals surface area contributed by atoms with E-state index >= 15 is 0 Å². The molecule has 4 N–H and O–H groups in total. The van der Waals surface area contributed by atoms with Gasteiger partial charge in [0.2, 0.25) is 0 Å². The topological polar surface area (TPSA) is 111 Å². The van der Waals surface area contributed by atoms with Crippen molar-refractivity contribution in [1.82, 2.24) is 0 Å². The second kappa shape index (κ2) is 8.16. The van der Waals surface area contributed by atoms with Crippen molar-refractivity contribution in [2.75, 3.05) is 10.6 Å². The fourth-order valence-corrected chi connectivity index (χ4v) is 2.15. The van der Waals surface area contributed by atoms with Crippen molar-refractivity contribution in [3.63, 3.8) is 0 Å². The molecule has 0 unspecified atom stereocenters. The highest BCUT2D eigenvalue weighted by Gasteiger charge is 2.19. The Labute approximate surface area is 149 Å². The Morgan fingerprint density at radius 1 is 1.04 bits per heavy atom. The van der Waals surface area contributed by atoms with Crippen molar-refractivity contribution in [2.24, 2.45) is 5.73 Å². The van der Waals surface area contributed by atoms with Crippen LogP contribution in [0.3, 0.4) is 0 Å². The van der Waals surface area contributed by atoms with E-state index in [-0.39, 0.29) is 5.56 Å². The first kappa shape index (κ1) is 18.3. The van der Waals surface area contributed by atoms with E-state index in [4.69, 9.17) is 22.1 Å². The summed E-state index contributed by atoms with van der Waals surface area (Å²) in [5, 5.41) is 5.43. The number of rotatable bonds is 5. The molecular formula is C17H16ClN3O4. The normalized spacial score (nSPS) is 11.3. The Balaban J connectivity index is 1.99. The molecule has 2 aromatic rings. The van der Waals surface area contributed by atoms with Crippen LogP contribution in [0, 0.1) is 0 Å². The van der Waals surface area contributed by atoms with Gasteiger partial charge in [0.05, 0.1) is 5.56 Å². The second-order valence-electron chi connectivity index (χ2n) is 5.12. The number of anilines is 2. The van der Waals surface area contributed by atoms with Crippen molar-refractivity contribution >= 4 is 40.9 Å². The Morgan fingerprint density at radius 3 is 2.32 bits per heavy atom. The SMILES string of the molecule is C[C@@H](OC(=O)c1cccc(NC(N)=O)c1)C(=O)Nc1cccc(Cl)c1. The van der Waals surface area contributed by atoms with Gasteiger partial charge < -0.3 is 21.1 Å². The van der Waals surface area contributed by atoms with Gasteiger partial charge in [0, 0.05) is 16.4 Å². The first-order valence-corrected chi connectivity index (χ1v) is 7.67. The molecular weight excluding hydrogens is 346 g/mol. The molecule has 0 bridgehead atoms. The fourth-order valence-electron chi connectivity index (χ4n) is 1.96. The maximum Gasteiger partial charge on any atom is 0.338 e. The number of carbonyl (C=O) groups excluding carboxylic acids is 3. The van der Waals surface area contributed by atoms with E-state index in [1.807, 2.05) is 0 Å². The minimum Gasteiger partial charge on any atom is -0.449 e. The van der Waals surface area contributed by atoms with Crippen LogP contribution in [0.5, 0.6) is 0 Å². The van der Waals surface area contributed by atoms with E-state index in [2.05, 4.69) is 10.6 Å². The number of halogens is 1. The number of esters is 1. The van der Waals surface area contributed by atoms with Crippen LogP contribution >= 0.6 is 11.6 Å². The second-order valence-corrected chi connectivity index (χ2v) is 5.55. The molecule has 25 heavy (non-hydrogen) atoms. The third kappa shape index (κ3) is 5.50. The summed E-state index contributed by atoms with van der Waals surface area (Å²) in [6.45, 7) is 1.45. The molecule has 0 saturated heterocycles. The highest BCUT2D eigenvalue weighted by atomic mass is 35.5. The standard InChI is InChI=1S/C17H16ClN3O4/c1-10(15(22)20-14-7-3-5-12(18)9-14)25-16(23)11-4-2-6-13(8-11)21-17(19)24/h2-10H,1H3,(H,20,22)(H3,19,21,24)/t10-/m1/s1. The first-order valence-electron chi connectivity index (χ1n) is 7.29. The molecule has 0 heterocycles. The van der Waals surface area contributed by atoms with Gasteiger partial charge in [-0.1, -0.05) is 23.7 Å². The number of amides is 3. The van der Waals surface area contributed by atoms with Crippen molar-refractivity contribution in [1.29, 1.82) is 0 Å². The number of nitrogens with one attached hydrogen (secondary N) is 2. The Morgan fingerprint density at radius 2 is 1.68 bits per heavy atom. The lowest BCUT2D eigenvalue weighted by Crippen LogP contribution is -2.30. The van der Waals surface area contributed by atoms with Gasteiger partial charge in [-0.2, -0.15) is 0 Å². The Kier molecular flexibility index (Phi) is 5.97. The fraction of sp³-hybridized carbons (Fsp3) is 0.118. The lowest BCUT2D eigenvalue weighted by atomic mass is 10.2. The van der Waals surface area contributed by atoms with E-state index in [1.165, 1.54) is 19.1 Å². The van der Waals surface area contributed by atoms with Crippen LogP contribution < -0.4 is 16.4 Å². The summed E-state index contributed by atoms with van der Waals surface area (Å²) in [7, 11) is 0. The Hall–Kier alpha value is -3.06. The highest BCUT2D eigenvalue weighted by molar-refractivity contribution is 6.30. The molecule has 1 atom stereocenters. The van der Waals surface area contributed by atoms with E-state index in [0.717, 1.165) is 0 Å². The van der Waals surface area contributed by atoms with Gasteiger partial charge in [-0.15, -0.1) is 0 Å². The largest absolute Gasteiger partial charge is 0.449 e. The molecule has 0 aromatic heterocycles. The molecule has 2 aromatic carbocycles. The van der Waals surface area contributed by atoms with Gasteiger partial charge in [0.1, 0.15) is 0 Å². The first-order chi connectivity index (χ1) is 11.8. The van der Waals surface area contributed by atoms with Gasteiger partial charge in [-0.25, -0.2) is 9.59 Å². The van der Waals surface area contributed by atoms with E-state index < -0.39 is 24.0 Å². The van der Waals surface area contributed by atoms with Crippen molar-refractivity contribution < 1.29 is 19.1 Å².